The molecule has 0 spiro atoms. The van der Waals surface area contributed by atoms with Crippen LogP contribution in [-0.4, -0.2) is 24.8 Å². The summed E-state index contributed by atoms with van der Waals surface area (Å²) in [5.74, 6) is 1.48. The van der Waals surface area contributed by atoms with E-state index in [0.717, 1.165) is 30.0 Å². The Labute approximate surface area is 99.7 Å². The number of benzene rings is 1. The number of ketones is 1. The second-order valence-corrected chi connectivity index (χ2v) is 4.08. The van der Waals surface area contributed by atoms with E-state index in [-0.39, 0.29) is 5.78 Å². The number of carbonyl (C=O) groups excluding carboxylic acids is 1. The van der Waals surface area contributed by atoms with Gasteiger partial charge in [0.05, 0.1) is 5.69 Å². The molecule has 1 aromatic carbocycles. The number of anilines is 1. The summed E-state index contributed by atoms with van der Waals surface area (Å²) in [5, 5.41) is 3.21. The molecule has 0 amide bonds. The van der Waals surface area contributed by atoms with Gasteiger partial charge >= 0.3 is 0 Å². The minimum atomic E-state index is 0.135. The molecular formula is C12H14ClNO2. The summed E-state index contributed by atoms with van der Waals surface area (Å²) >= 11 is 5.56. The number of fused-ring (bicyclic) bond motifs is 1. The molecule has 0 saturated heterocycles. The second-order valence-electron chi connectivity index (χ2n) is 3.70. The second kappa shape index (κ2) is 5.21. The topological polar surface area (TPSA) is 38.3 Å². The van der Waals surface area contributed by atoms with Gasteiger partial charge in [-0.3, -0.25) is 4.79 Å². The maximum Gasteiger partial charge on any atom is 0.162 e. The molecule has 0 saturated carbocycles. The largest absolute Gasteiger partial charge is 0.490 e. The van der Waals surface area contributed by atoms with Crippen molar-refractivity contribution in [2.75, 3.05) is 24.3 Å². The Morgan fingerprint density at radius 1 is 1.50 bits per heavy atom. The first-order chi connectivity index (χ1) is 7.81. The van der Waals surface area contributed by atoms with E-state index in [1.54, 1.807) is 0 Å². The molecule has 1 aliphatic heterocycles. The molecule has 0 bridgehead atoms. The standard InChI is InChI=1S/C12H14ClNO2/c13-5-1-2-11(15)9-3-4-12-10(8-9)14-6-7-16-12/h3-4,8,14H,1-2,5-7H2. The normalized spacial score (nSPS) is 13.6. The highest BCUT2D eigenvalue weighted by Crippen LogP contribution is 2.28. The molecule has 0 atom stereocenters. The number of rotatable bonds is 4. The quantitative estimate of drug-likeness (QED) is 0.649. The van der Waals surface area contributed by atoms with Crippen molar-refractivity contribution in [1.82, 2.24) is 0 Å². The van der Waals surface area contributed by atoms with E-state index in [0.29, 0.717) is 18.9 Å². The van der Waals surface area contributed by atoms with E-state index in [2.05, 4.69) is 5.32 Å². The van der Waals surface area contributed by atoms with Gasteiger partial charge in [0, 0.05) is 24.4 Å². The molecule has 1 aromatic rings. The Kier molecular flexibility index (Phi) is 3.67. The van der Waals surface area contributed by atoms with Crippen LogP contribution < -0.4 is 10.1 Å². The molecule has 1 heterocycles. The smallest absolute Gasteiger partial charge is 0.162 e. The van der Waals surface area contributed by atoms with Gasteiger partial charge in [0.2, 0.25) is 0 Å². The lowest BCUT2D eigenvalue weighted by molar-refractivity contribution is 0.0982. The number of hydrogen-bond donors (Lipinski definition) is 1. The maximum absolute atomic E-state index is 11.8. The summed E-state index contributed by atoms with van der Waals surface area (Å²) in [6.07, 6.45) is 1.23. The number of hydrogen-bond acceptors (Lipinski definition) is 3. The third-order valence-electron chi connectivity index (χ3n) is 2.51. The fourth-order valence-electron chi connectivity index (χ4n) is 1.69. The molecule has 0 radical (unpaired) electrons. The molecule has 4 heteroatoms. The molecular weight excluding hydrogens is 226 g/mol. The van der Waals surface area contributed by atoms with Gasteiger partial charge in [-0.1, -0.05) is 0 Å². The first-order valence-electron chi connectivity index (χ1n) is 5.41. The fraction of sp³-hybridized carbons (Fsp3) is 0.417. The zero-order valence-electron chi connectivity index (χ0n) is 8.96. The molecule has 3 nitrogen and oxygen atoms in total. The first kappa shape index (κ1) is 11.3. The highest BCUT2D eigenvalue weighted by atomic mass is 35.5. The number of halogens is 1. The zero-order valence-corrected chi connectivity index (χ0v) is 9.72. The molecule has 16 heavy (non-hydrogen) atoms. The highest BCUT2D eigenvalue weighted by molar-refractivity contribution is 6.18. The van der Waals surface area contributed by atoms with Crippen LogP contribution in [0.2, 0.25) is 0 Å². The minimum Gasteiger partial charge on any atom is -0.490 e. The van der Waals surface area contributed by atoms with Gasteiger partial charge in [-0.25, -0.2) is 0 Å². The third kappa shape index (κ3) is 2.47. The van der Waals surface area contributed by atoms with E-state index < -0.39 is 0 Å². The Bertz CT molecular complexity index is 393. The first-order valence-corrected chi connectivity index (χ1v) is 5.94. The van der Waals surface area contributed by atoms with Crippen molar-refractivity contribution in [2.45, 2.75) is 12.8 Å². The van der Waals surface area contributed by atoms with Crippen molar-refractivity contribution in [2.24, 2.45) is 0 Å². The van der Waals surface area contributed by atoms with Crippen LogP contribution in [-0.2, 0) is 0 Å². The van der Waals surface area contributed by atoms with Crippen LogP contribution in [0.3, 0.4) is 0 Å². The van der Waals surface area contributed by atoms with Crippen molar-refractivity contribution in [3.8, 4) is 5.75 Å². The van der Waals surface area contributed by atoms with Gasteiger partial charge in [-0.2, -0.15) is 0 Å². The molecule has 1 N–H and O–H groups in total. The van der Waals surface area contributed by atoms with Crippen LogP contribution in [0.1, 0.15) is 23.2 Å². The summed E-state index contributed by atoms with van der Waals surface area (Å²) in [5.41, 5.74) is 1.63. The molecule has 0 aromatic heterocycles. The highest BCUT2D eigenvalue weighted by Gasteiger charge is 2.12. The lowest BCUT2D eigenvalue weighted by Gasteiger charge is -2.19. The summed E-state index contributed by atoms with van der Waals surface area (Å²) in [6.45, 7) is 1.46. The van der Waals surface area contributed by atoms with E-state index in [4.69, 9.17) is 16.3 Å². The van der Waals surface area contributed by atoms with E-state index in [1.807, 2.05) is 18.2 Å². The Hall–Kier alpha value is -1.22. The molecule has 1 aliphatic rings. The number of ether oxygens (including phenoxy) is 1. The van der Waals surface area contributed by atoms with Gasteiger partial charge in [0.25, 0.3) is 0 Å². The number of carbonyl (C=O) groups is 1. The van der Waals surface area contributed by atoms with Crippen LogP contribution in [0.25, 0.3) is 0 Å². The van der Waals surface area contributed by atoms with Gasteiger partial charge < -0.3 is 10.1 Å². The van der Waals surface area contributed by atoms with Gasteiger partial charge in [-0.05, 0) is 24.6 Å². The van der Waals surface area contributed by atoms with Crippen LogP contribution in [0.4, 0.5) is 5.69 Å². The van der Waals surface area contributed by atoms with Gasteiger partial charge in [-0.15, -0.1) is 11.6 Å². The Balaban J connectivity index is 2.13. The monoisotopic (exact) mass is 239 g/mol. The predicted molar refractivity (Wildman–Crippen MR) is 64.7 cm³/mol. The van der Waals surface area contributed by atoms with Crippen LogP contribution in [0.5, 0.6) is 5.75 Å². The maximum atomic E-state index is 11.8. The number of nitrogens with one attached hydrogen (secondary N) is 1. The van der Waals surface area contributed by atoms with Crippen LogP contribution >= 0.6 is 11.6 Å². The van der Waals surface area contributed by atoms with Crippen molar-refractivity contribution in [3.05, 3.63) is 23.8 Å². The van der Waals surface area contributed by atoms with E-state index in [9.17, 15) is 4.79 Å². The van der Waals surface area contributed by atoms with Gasteiger partial charge in [0.1, 0.15) is 12.4 Å². The summed E-state index contributed by atoms with van der Waals surface area (Å²) < 4.78 is 5.44. The summed E-state index contributed by atoms with van der Waals surface area (Å²) in [4.78, 5) is 11.8. The average molecular weight is 240 g/mol. The molecule has 2 rings (SSSR count). The summed E-state index contributed by atoms with van der Waals surface area (Å²) in [6, 6.07) is 5.50. The van der Waals surface area contributed by atoms with Crippen molar-refractivity contribution in [1.29, 1.82) is 0 Å². The van der Waals surface area contributed by atoms with Crippen molar-refractivity contribution in [3.63, 3.8) is 0 Å². The predicted octanol–water partition coefficient (Wildman–Crippen LogP) is 2.69. The Morgan fingerprint density at radius 3 is 3.19 bits per heavy atom. The molecule has 86 valence electrons. The fourth-order valence-corrected chi connectivity index (χ4v) is 1.82. The average Bonchev–Trinajstić information content (AvgIpc) is 2.35. The third-order valence-corrected chi connectivity index (χ3v) is 2.78. The minimum absolute atomic E-state index is 0.135. The summed E-state index contributed by atoms with van der Waals surface area (Å²) in [7, 11) is 0. The SMILES string of the molecule is O=C(CCCCl)c1ccc2c(c1)NCCO2. The van der Waals surface area contributed by atoms with Gasteiger partial charge in [0.15, 0.2) is 5.78 Å². The molecule has 0 unspecified atom stereocenters. The van der Waals surface area contributed by atoms with Crippen molar-refractivity contribution >= 4 is 23.1 Å². The van der Waals surface area contributed by atoms with E-state index >= 15 is 0 Å². The van der Waals surface area contributed by atoms with Crippen LogP contribution in [0, 0.1) is 0 Å². The molecule has 0 fully saturated rings. The van der Waals surface area contributed by atoms with E-state index in [1.165, 1.54) is 0 Å². The number of alkyl halides is 1. The number of Topliss-reactive ketones (excluding diaryl/α,β-unsaturated/α-hetero) is 1. The lowest BCUT2D eigenvalue weighted by atomic mass is 10.1. The lowest BCUT2D eigenvalue weighted by Crippen LogP contribution is -2.18. The zero-order chi connectivity index (χ0) is 11.4. The Morgan fingerprint density at radius 2 is 2.38 bits per heavy atom. The van der Waals surface area contributed by atoms with Crippen molar-refractivity contribution < 1.29 is 9.53 Å². The molecule has 0 aliphatic carbocycles. The van der Waals surface area contributed by atoms with Crippen LogP contribution in [0.15, 0.2) is 18.2 Å².